The maximum atomic E-state index is 12.3. The number of benzene rings is 2. The molecule has 4 nitrogen and oxygen atoms in total. The van der Waals surface area contributed by atoms with Crippen molar-refractivity contribution in [2.75, 3.05) is 0 Å². The Hall–Kier alpha value is -2.02. The van der Waals surface area contributed by atoms with Crippen LogP contribution < -0.4 is 5.43 Å². The number of hydrogen-bond donors (Lipinski definition) is 1. The van der Waals surface area contributed by atoms with E-state index in [0.717, 1.165) is 32.0 Å². The number of amides is 1. The maximum Gasteiger partial charge on any atom is 0.253 e. The maximum absolute atomic E-state index is 12.3. The van der Waals surface area contributed by atoms with Crippen molar-refractivity contribution in [1.29, 1.82) is 0 Å². The molecule has 2 aromatic carbocycles. The Morgan fingerprint density at radius 3 is 2.48 bits per heavy atom. The molecule has 1 N–H and O–H groups in total. The summed E-state index contributed by atoms with van der Waals surface area (Å²) in [5.41, 5.74) is 6.84. The average molecular weight is 491 g/mol. The van der Waals surface area contributed by atoms with Gasteiger partial charge in [0.25, 0.3) is 5.91 Å². The number of halogens is 2. The molecule has 1 aromatic heterocycles. The van der Waals surface area contributed by atoms with Crippen molar-refractivity contribution in [3.63, 3.8) is 0 Å². The Labute approximate surface area is 188 Å². The molecule has 0 fully saturated rings. The van der Waals surface area contributed by atoms with E-state index in [1.807, 2.05) is 50.2 Å². The standard InChI is InChI=1S/C22H21BrClN3OS/c1-14-12-17(15(2)27(14)20-8-4-18(23)5-9-20)13-25-26-22(28)16(3)29-21-10-6-19(24)7-11-21/h4-13,16H,1-3H3,(H,26,28)/b25-13-/t16-/m0/s1. The fraction of sp³-hybridized carbons (Fsp3) is 0.182. The minimum atomic E-state index is -0.275. The van der Waals surface area contributed by atoms with Crippen molar-refractivity contribution < 1.29 is 4.79 Å². The number of rotatable bonds is 6. The zero-order valence-corrected chi connectivity index (χ0v) is 19.5. The first kappa shape index (κ1) is 21.7. The molecule has 0 unspecified atom stereocenters. The second-order valence-electron chi connectivity index (χ2n) is 6.59. The summed E-state index contributed by atoms with van der Waals surface area (Å²) in [5, 5.41) is 4.56. The van der Waals surface area contributed by atoms with E-state index in [1.165, 1.54) is 11.8 Å². The van der Waals surface area contributed by atoms with E-state index in [4.69, 9.17) is 11.6 Å². The van der Waals surface area contributed by atoms with Gasteiger partial charge in [-0.25, -0.2) is 5.43 Å². The van der Waals surface area contributed by atoms with Gasteiger partial charge in [-0.3, -0.25) is 4.79 Å². The van der Waals surface area contributed by atoms with Gasteiger partial charge in [0, 0.05) is 37.0 Å². The molecule has 7 heteroatoms. The highest BCUT2D eigenvalue weighted by molar-refractivity contribution is 9.10. The minimum Gasteiger partial charge on any atom is -0.318 e. The van der Waals surface area contributed by atoms with Crippen LogP contribution >= 0.6 is 39.3 Å². The molecule has 0 saturated heterocycles. The van der Waals surface area contributed by atoms with Crippen LogP contribution in [0.2, 0.25) is 5.02 Å². The molecule has 0 aliphatic carbocycles. The van der Waals surface area contributed by atoms with Gasteiger partial charge in [-0.15, -0.1) is 11.8 Å². The van der Waals surface area contributed by atoms with Crippen LogP contribution in [-0.4, -0.2) is 21.9 Å². The molecular weight excluding hydrogens is 470 g/mol. The van der Waals surface area contributed by atoms with Gasteiger partial charge in [0.15, 0.2) is 0 Å². The van der Waals surface area contributed by atoms with Crippen LogP contribution in [0.15, 0.2) is 69.1 Å². The normalized spacial score (nSPS) is 12.3. The summed E-state index contributed by atoms with van der Waals surface area (Å²) in [4.78, 5) is 13.3. The fourth-order valence-corrected chi connectivity index (χ4v) is 4.18. The number of hydrazone groups is 1. The second-order valence-corrected chi connectivity index (χ2v) is 9.35. The third kappa shape index (κ3) is 5.53. The number of nitrogens with zero attached hydrogens (tertiary/aromatic N) is 2. The Kier molecular flexibility index (Phi) is 7.22. The molecule has 3 aromatic rings. The average Bonchev–Trinajstić information content (AvgIpc) is 2.97. The molecule has 29 heavy (non-hydrogen) atoms. The number of aromatic nitrogens is 1. The van der Waals surface area contributed by atoms with E-state index in [2.05, 4.69) is 56.1 Å². The summed E-state index contributed by atoms with van der Waals surface area (Å²) in [6.07, 6.45) is 1.69. The smallest absolute Gasteiger partial charge is 0.253 e. The summed E-state index contributed by atoms with van der Waals surface area (Å²) in [5.74, 6) is -0.150. The van der Waals surface area contributed by atoms with Crippen LogP contribution in [-0.2, 0) is 4.79 Å². The molecule has 0 radical (unpaired) electrons. The zero-order valence-electron chi connectivity index (χ0n) is 16.3. The molecule has 3 rings (SSSR count). The number of aryl methyl sites for hydroxylation is 1. The number of carbonyl (C=O) groups is 1. The molecule has 1 heterocycles. The predicted octanol–water partition coefficient (Wildman–Crippen LogP) is 6.14. The number of thioether (sulfide) groups is 1. The van der Waals surface area contributed by atoms with Crippen LogP contribution in [0.5, 0.6) is 0 Å². The van der Waals surface area contributed by atoms with E-state index in [0.29, 0.717) is 5.02 Å². The van der Waals surface area contributed by atoms with Crippen molar-refractivity contribution in [3.05, 3.63) is 81.0 Å². The van der Waals surface area contributed by atoms with Crippen molar-refractivity contribution in [2.45, 2.75) is 30.9 Å². The summed E-state index contributed by atoms with van der Waals surface area (Å²) in [7, 11) is 0. The van der Waals surface area contributed by atoms with Gasteiger partial charge in [0.2, 0.25) is 0 Å². The van der Waals surface area contributed by atoms with E-state index in [-0.39, 0.29) is 11.2 Å². The highest BCUT2D eigenvalue weighted by atomic mass is 79.9. The van der Waals surface area contributed by atoms with Crippen molar-refractivity contribution in [1.82, 2.24) is 9.99 Å². The van der Waals surface area contributed by atoms with Gasteiger partial charge in [-0.05, 0) is 75.4 Å². The molecule has 0 saturated carbocycles. The minimum absolute atomic E-state index is 0.150. The third-order valence-electron chi connectivity index (χ3n) is 4.43. The first-order valence-corrected chi connectivity index (χ1v) is 11.1. The van der Waals surface area contributed by atoms with Crippen LogP contribution in [0.4, 0.5) is 0 Å². The van der Waals surface area contributed by atoms with Crippen LogP contribution in [0, 0.1) is 13.8 Å². The Morgan fingerprint density at radius 2 is 1.83 bits per heavy atom. The molecule has 0 spiro atoms. The van der Waals surface area contributed by atoms with Gasteiger partial charge in [0.1, 0.15) is 0 Å². The van der Waals surface area contributed by atoms with E-state index in [1.54, 1.807) is 6.21 Å². The third-order valence-corrected chi connectivity index (χ3v) is 6.32. The van der Waals surface area contributed by atoms with Crippen molar-refractivity contribution in [3.8, 4) is 5.69 Å². The summed E-state index contributed by atoms with van der Waals surface area (Å²) in [6, 6.07) is 17.6. The van der Waals surface area contributed by atoms with Gasteiger partial charge in [-0.2, -0.15) is 5.10 Å². The SMILES string of the molecule is Cc1cc(/C=N\NC(=O)[C@H](C)Sc2ccc(Cl)cc2)c(C)n1-c1ccc(Br)cc1. The van der Waals surface area contributed by atoms with Crippen molar-refractivity contribution in [2.24, 2.45) is 5.10 Å². The zero-order chi connectivity index (χ0) is 21.0. The molecule has 150 valence electrons. The predicted molar refractivity (Wildman–Crippen MR) is 125 cm³/mol. The molecule has 0 aliphatic rings. The van der Waals surface area contributed by atoms with Gasteiger partial charge in [-0.1, -0.05) is 27.5 Å². The lowest BCUT2D eigenvalue weighted by Gasteiger charge is -2.10. The van der Waals surface area contributed by atoms with E-state index in [9.17, 15) is 4.79 Å². The summed E-state index contributed by atoms with van der Waals surface area (Å²) in [6.45, 7) is 5.94. The van der Waals surface area contributed by atoms with Crippen LogP contribution in [0.25, 0.3) is 5.69 Å². The van der Waals surface area contributed by atoms with Gasteiger partial charge in [0.05, 0.1) is 11.5 Å². The van der Waals surface area contributed by atoms with E-state index < -0.39 is 0 Å². The van der Waals surface area contributed by atoms with Gasteiger partial charge < -0.3 is 4.57 Å². The summed E-state index contributed by atoms with van der Waals surface area (Å²) < 4.78 is 3.20. The highest BCUT2D eigenvalue weighted by Crippen LogP contribution is 2.25. The van der Waals surface area contributed by atoms with Crippen molar-refractivity contribution >= 4 is 51.4 Å². The first-order chi connectivity index (χ1) is 13.8. The quantitative estimate of drug-likeness (QED) is 0.256. The number of carbonyl (C=O) groups excluding carboxylic acids is 1. The lowest BCUT2D eigenvalue weighted by Crippen LogP contribution is -2.26. The first-order valence-electron chi connectivity index (χ1n) is 9.05. The number of nitrogens with one attached hydrogen (secondary N) is 1. The monoisotopic (exact) mass is 489 g/mol. The number of hydrogen-bond acceptors (Lipinski definition) is 3. The Balaban J connectivity index is 1.65. The summed E-state index contributed by atoms with van der Waals surface area (Å²) >= 11 is 10.8. The van der Waals surface area contributed by atoms with E-state index >= 15 is 0 Å². The van der Waals surface area contributed by atoms with Crippen LogP contribution in [0.1, 0.15) is 23.9 Å². The largest absolute Gasteiger partial charge is 0.318 e. The molecule has 0 bridgehead atoms. The van der Waals surface area contributed by atoms with Crippen LogP contribution in [0.3, 0.4) is 0 Å². The Morgan fingerprint density at radius 1 is 1.17 bits per heavy atom. The topological polar surface area (TPSA) is 46.4 Å². The fourth-order valence-electron chi connectivity index (χ4n) is 2.93. The molecule has 1 atom stereocenters. The molecular formula is C22H21BrClN3OS. The Bertz CT molecular complexity index is 1030. The molecule has 1 amide bonds. The molecule has 0 aliphatic heterocycles. The lowest BCUT2D eigenvalue weighted by atomic mass is 10.2. The van der Waals surface area contributed by atoms with Gasteiger partial charge >= 0.3 is 0 Å². The lowest BCUT2D eigenvalue weighted by molar-refractivity contribution is -0.120. The highest BCUT2D eigenvalue weighted by Gasteiger charge is 2.14. The second kappa shape index (κ2) is 9.65.